The molecule has 1 saturated carbocycles. The summed E-state index contributed by atoms with van der Waals surface area (Å²) in [5, 5.41) is 2.99. The van der Waals surface area contributed by atoms with Gasteiger partial charge in [-0.05, 0) is 31.9 Å². The predicted octanol–water partition coefficient (Wildman–Crippen LogP) is 2.58. The largest absolute Gasteiger partial charge is 0.492 e. The van der Waals surface area contributed by atoms with E-state index in [1.807, 2.05) is 31.2 Å². The number of amides is 1. The maximum atomic E-state index is 12.4. The molecule has 1 aromatic carbocycles. The molecular formula is C19H29N3O2. The highest BCUT2D eigenvalue weighted by Gasteiger charge is 2.26. The fourth-order valence-corrected chi connectivity index (χ4v) is 3.80. The number of nitrogens with one attached hydrogen (secondary N) is 1. The summed E-state index contributed by atoms with van der Waals surface area (Å²) in [6, 6.07) is 8.40. The van der Waals surface area contributed by atoms with E-state index < -0.39 is 0 Å². The van der Waals surface area contributed by atoms with Crippen LogP contribution in [0.15, 0.2) is 24.3 Å². The van der Waals surface area contributed by atoms with E-state index in [4.69, 9.17) is 4.74 Å². The molecule has 1 N–H and O–H groups in total. The molecule has 0 spiro atoms. The fourth-order valence-electron chi connectivity index (χ4n) is 3.80. The lowest BCUT2D eigenvalue weighted by Gasteiger charge is -2.37. The Labute approximate surface area is 145 Å². The molecule has 0 radical (unpaired) electrons. The van der Waals surface area contributed by atoms with Crippen molar-refractivity contribution in [3.63, 3.8) is 0 Å². The quantitative estimate of drug-likeness (QED) is 0.870. The Kier molecular flexibility index (Phi) is 6.10. The van der Waals surface area contributed by atoms with E-state index in [1.165, 1.54) is 25.7 Å². The van der Waals surface area contributed by atoms with E-state index in [-0.39, 0.29) is 5.91 Å². The lowest BCUT2D eigenvalue weighted by Crippen LogP contribution is -2.51. The van der Waals surface area contributed by atoms with Crippen LogP contribution in [-0.2, 0) is 4.79 Å². The first-order valence-electron chi connectivity index (χ1n) is 9.24. The summed E-state index contributed by atoms with van der Waals surface area (Å²) in [7, 11) is 0. The molecule has 2 fully saturated rings. The van der Waals surface area contributed by atoms with Gasteiger partial charge in [0.25, 0.3) is 0 Å². The van der Waals surface area contributed by atoms with Gasteiger partial charge >= 0.3 is 0 Å². The molecule has 1 heterocycles. The zero-order valence-corrected chi connectivity index (χ0v) is 14.7. The number of carbonyl (C=O) groups excluding carboxylic acids is 1. The molecule has 1 aliphatic carbocycles. The van der Waals surface area contributed by atoms with Gasteiger partial charge in [0.2, 0.25) is 5.91 Å². The molecule has 1 saturated heterocycles. The first-order chi connectivity index (χ1) is 11.8. The highest BCUT2D eigenvalue weighted by atomic mass is 16.5. The second-order valence-electron chi connectivity index (χ2n) is 6.73. The number of benzene rings is 1. The second-order valence-corrected chi connectivity index (χ2v) is 6.73. The van der Waals surface area contributed by atoms with Crippen LogP contribution in [0.1, 0.15) is 32.6 Å². The summed E-state index contributed by atoms with van der Waals surface area (Å²) in [6.07, 6.45) is 5.47. The first-order valence-corrected chi connectivity index (χ1v) is 9.24. The number of ether oxygens (including phenoxy) is 1. The maximum Gasteiger partial charge on any atom is 0.238 e. The number of piperazine rings is 1. The maximum absolute atomic E-state index is 12.4. The van der Waals surface area contributed by atoms with Crippen molar-refractivity contribution in [2.24, 2.45) is 0 Å². The Balaban J connectivity index is 1.46. The van der Waals surface area contributed by atoms with Crippen molar-refractivity contribution in [2.45, 2.75) is 38.6 Å². The molecule has 5 nitrogen and oxygen atoms in total. The van der Waals surface area contributed by atoms with E-state index in [1.54, 1.807) is 0 Å². The first kappa shape index (κ1) is 17.2. The van der Waals surface area contributed by atoms with Crippen molar-refractivity contribution in [1.29, 1.82) is 0 Å². The van der Waals surface area contributed by atoms with Gasteiger partial charge in [0.1, 0.15) is 5.75 Å². The highest BCUT2D eigenvalue weighted by molar-refractivity contribution is 5.93. The molecular weight excluding hydrogens is 302 g/mol. The summed E-state index contributed by atoms with van der Waals surface area (Å²) in [5.74, 6) is 0.774. The van der Waals surface area contributed by atoms with Crippen molar-refractivity contribution in [1.82, 2.24) is 9.80 Å². The Morgan fingerprint density at radius 2 is 1.88 bits per heavy atom. The zero-order chi connectivity index (χ0) is 16.8. The smallest absolute Gasteiger partial charge is 0.238 e. The number of anilines is 1. The van der Waals surface area contributed by atoms with Crippen LogP contribution in [0.3, 0.4) is 0 Å². The minimum atomic E-state index is 0.0384. The van der Waals surface area contributed by atoms with Crippen molar-refractivity contribution >= 4 is 11.6 Å². The molecule has 24 heavy (non-hydrogen) atoms. The third-order valence-corrected chi connectivity index (χ3v) is 5.08. The summed E-state index contributed by atoms with van der Waals surface area (Å²) in [6.45, 7) is 7.15. The van der Waals surface area contributed by atoms with Crippen molar-refractivity contribution in [3.8, 4) is 5.75 Å². The molecule has 1 amide bonds. The third kappa shape index (κ3) is 4.48. The topological polar surface area (TPSA) is 44.8 Å². The average molecular weight is 331 g/mol. The zero-order valence-electron chi connectivity index (χ0n) is 14.7. The molecule has 5 heteroatoms. The molecule has 0 bridgehead atoms. The van der Waals surface area contributed by atoms with Gasteiger partial charge in [-0.25, -0.2) is 0 Å². The number of rotatable bonds is 6. The van der Waals surface area contributed by atoms with E-state index in [0.29, 0.717) is 13.2 Å². The molecule has 1 aliphatic heterocycles. The minimum absolute atomic E-state index is 0.0384. The van der Waals surface area contributed by atoms with Crippen LogP contribution in [0.4, 0.5) is 5.69 Å². The Morgan fingerprint density at radius 3 is 2.58 bits per heavy atom. The summed E-state index contributed by atoms with van der Waals surface area (Å²) in [5.41, 5.74) is 0.758. The van der Waals surface area contributed by atoms with Crippen LogP contribution in [0.5, 0.6) is 5.75 Å². The average Bonchev–Trinajstić information content (AvgIpc) is 3.12. The summed E-state index contributed by atoms with van der Waals surface area (Å²) in [4.78, 5) is 17.2. The third-order valence-electron chi connectivity index (χ3n) is 5.08. The molecule has 0 atom stereocenters. The lowest BCUT2D eigenvalue weighted by molar-refractivity contribution is -0.117. The summed E-state index contributed by atoms with van der Waals surface area (Å²) < 4.78 is 5.56. The standard InChI is InChI=1S/C19H29N3O2/c1-2-24-18-10-6-5-9-17(18)20-19(23)15-21-11-13-22(14-12-21)16-7-3-4-8-16/h5-6,9-10,16H,2-4,7-8,11-15H2,1H3,(H,20,23). The molecule has 132 valence electrons. The molecule has 3 rings (SSSR count). The Bertz CT molecular complexity index is 535. The van der Waals surface area contributed by atoms with E-state index in [0.717, 1.165) is 43.7 Å². The molecule has 0 unspecified atom stereocenters. The van der Waals surface area contributed by atoms with Crippen LogP contribution in [0.25, 0.3) is 0 Å². The lowest BCUT2D eigenvalue weighted by atomic mass is 10.2. The molecule has 2 aliphatic rings. The highest BCUT2D eigenvalue weighted by Crippen LogP contribution is 2.25. The Hall–Kier alpha value is -1.59. The van der Waals surface area contributed by atoms with Gasteiger partial charge in [0.05, 0.1) is 18.8 Å². The number of carbonyl (C=O) groups is 1. The van der Waals surface area contributed by atoms with Crippen LogP contribution in [0, 0.1) is 0 Å². The van der Waals surface area contributed by atoms with E-state index >= 15 is 0 Å². The van der Waals surface area contributed by atoms with Crippen molar-refractivity contribution in [2.75, 3.05) is 44.6 Å². The molecule has 1 aromatic rings. The van der Waals surface area contributed by atoms with Gasteiger partial charge in [-0.1, -0.05) is 25.0 Å². The normalized spacial score (nSPS) is 20.2. The monoisotopic (exact) mass is 331 g/mol. The fraction of sp³-hybridized carbons (Fsp3) is 0.632. The summed E-state index contributed by atoms with van der Waals surface area (Å²) >= 11 is 0. The van der Waals surface area contributed by atoms with Gasteiger partial charge in [-0.2, -0.15) is 0 Å². The predicted molar refractivity (Wildman–Crippen MR) is 96.5 cm³/mol. The minimum Gasteiger partial charge on any atom is -0.492 e. The van der Waals surface area contributed by atoms with Gasteiger partial charge in [-0.15, -0.1) is 0 Å². The van der Waals surface area contributed by atoms with Crippen molar-refractivity contribution < 1.29 is 9.53 Å². The Morgan fingerprint density at radius 1 is 1.17 bits per heavy atom. The van der Waals surface area contributed by atoms with E-state index in [9.17, 15) is 4.79 Å². The SMILES string of the molecule is CCOc1ccccc1NC(=O)CN1CCN(C2CCCC2)CC1. The van der Waals surface area contributed by atoms with Crippen LogP contribution >= 0.6 is 0 Å². The molecule has 0 aromatic heterocycles. The van der Waals surface area contributed by atoms with Gasteiger partial charge in [0.15, 0.2) is 0 Å². The van der Waals surface area contributed by atoms with Gasteiger partial charge in [0, 0.05) is 32.2 Å². The van der Waals surface area contributed by atoms with E-state index in [2.05, 4.69) is 15.1 Å². The number of para-hydroxylation sites is 2. The second kappa shape index (κ2) is 8.49. The van der Waals surface area contributed by atoms with Gasteiger partial charge < -0.3 is 10.1 Å². The van der Waals surface area contributed by atoms with Crippen molar-refractivity contribution in [3.05, 3.63) is 24.3 Å². The number of hydrogen-bond acceptors (Lipinski definition) is 4. The van der Waals surface area contributed by atoms with Crippen LogP contribution < -0.4 is 10.1 Å². The number of hydrogen-bond donors (Lipinski definition) is 1. The van der Waals surface area contributed by atoms with Gasteiger partial charge in [-0.3, -0.25) is 14.6 Å². The van der Waals surface area contributed by atoms with Crippen LogP contribution in [0.2, 0.25) is 0 Å². The number of nitrogens with zero attached hydrogens (tertiary/aromatic N) is 2. The van der Waals surface area contributed by atoms with Crippen LogP contribution in [-0.4, -0.2) is 61.1 Å².